The molecule has 0 aliphatic rings. The highest BCUT2D eigenvalue weighted by molar-refractivity contribution is 6.42. The number of halogens is 2. The van der Waals surface area contributed by atoms with E-state index in [-0.39, 0.29) is 0 Å². The lowest BCUT2D eigenvalue weighted by Gasteiger charge is -2.28. The van der Waals surface area contributed by atoms with Crippen LogP contribution in [0.1, 0.15) is 18.1 Å². The van der Waals surface area contributed by atoms with Crippen molar-refractivity contribution in [3.8, 4) is 5.75 Å². The molecule has 0 amide bonds. The Labute approximate surface area is 123 Å². The first-order valence-corrected chi connectivity index (χ1v) is 6.60. The molecule has 0 aliphatic heterocycles. The summed E-state index contributed by atoms with van der Waals surface area (Å²) in [5, 5.41) is 1.01. The SMILES string of the molecule is COc1ccccc1C(C)(N)c1ccc(Cl)c(Cl)c1. The lowest BCUT2D eigenvalue weighted by molar-refractivity contribution is 0.399. The third-order valence-electron chi connectivity index (χ3n) is 3.19. The second kappa shape index (κ2) is 5.41. The van der Waals surface area contributed by atoms with Crippen LogP contribution in [0.25, 0.3) is 0 Å². The Morgan fingerprint density at radius 1 is 1.05 bits per heavy atom. The van der Waals surface area contributed by atoms with Crippen LogP contribution in [0.4, 0.5) is 0 Å². The van der Waals surface area contributed by atoms with Gasteiger partial charge in [-0.15, -0.1) is 0 Å². The van der Waals surface area contributed by atoms with Crippen molar-refractivity contribution in [2.24, 2.45) is 5.73 Å². The Hall–Kier alpha value is -1.22. The van der Waals surface area contributed by atoms with Crippen molar-refractivity contribution in [1.29, 1.82) is 0 Å². The van der Waals surface area contributed by atoms with Crippen molar-refractivity contribution in [2.45, 2.75) is 12.5 Å². The van der Waals surface area contributed by atoms with E-state index in [0.717, 1.165) is 16.9 Å². The number of methoxy groups -OCH3 is 1. The van der Waals surface area contributed by atoms with E-state index in [1.54, 1.807) is 19.2 Å². The lowest BCUT2D eigenvalue weighted by atomic mass is 9.85. The van der Waals surface area contributed by atoms with Crippen molar-refractivity contribution in [2.75, 3.05) is 7.11 Å². The lowest BCUT2D eigenvalue weighted by Crippen LogP contribution is -2.34. The van der Waals surface area contributed by atoms with Crippen LogP contribution in [0.15, 0.2) is 42.5 Å². The van der Waals surface area contributed by atoms with Gasteiger partial charge in [0, 0.05) is 5.56 Å². The largest absolute Gasteiger partial charge is 0.496 e. The van der Waals surface area contributed by atoms with Gasteiger partial charge in [-0.25, -0.2) is 0 Å². The molecular weight excluding hydrogens is 281 g/mol. The summed E-state index contributed by atoms with van der Waals surface area (Å²) in [6, 6.07) is 13.1. The number of ether oxygens (including phenoxy) is 1. The second-order valence-electron chi connectivity index (χ2n) is 4.53. The van der Waals surface area contributed by atoms with Gasteiger partial charge in [0.05, 0.1) is 22.7 Å². The van der Waals surface area contributed by atoms with Crippen molar-refractivity contribution in [3.05, 3.63) is 63.6 Å². The van der Waals surface area contributed by atoms with Gasteiger partial charge < -0.3 is 10.5 Å². The summed E-state index contributed by atoms with van der Waals surface area (Å²) in [6.07, 6.45) is 0. The monoisotopic (exact) mass is 295 g/mol. The maximum Gasteiger partial charge on any atom is 0.124 e. The molecule has 0 radical (unpaired) electrons. The Bertz CT molecular complexity index is 596. The number of benzene rings is 2. The van der Waals surface area contributed by atoms with E-state index in [4.69, 9.17) is 33.7 Å². The van der Waals surface area contributed by atoms with Crippen LogP contribution >= 0.6 is 23.2 Å². The van der Waals surface area contributed by atoms with Crippen LogP contribution in [-0.2, 0) is 5.54 Å². The highest BCUT2D eigenvalue weighted by Crippen LogP contribution is 2.35. The second-order valence-corrected chi connectivity index (χ2v) is 5.35. The quantitative estimate of drug-likeness (QED) is 0.920. The summed E-state index contributed by atoms with van der Waals surface area (Å²) in [7, 11) is 1.63. The van der Waals surface area contributed by atoms with Crippen LogP contribution in [0, 0.1) is 0 Å². The predicted octanol–water partition coefficient (Wildman–Crippen LogP) is 4.22. The molecule has 1 unspecified atom stereocenters. The fraction of sp³-hybridized carbons (Fsp3) is 0.200. The van der Waals surface area contributed by atoms with Crippen molar-refractivity contribution < 1.29 is 4.74 Å². The number of hydrogen-bond donors (Lipinski definition) is 1. The highest BCUT2D eigenvalue weighted by atomic mass is 35.5. The Morgan fingerprint density at radius 2 is 1.74 bits per heavy atom. The van der Waals surface area contributed by atoms with Gasteiger partial charge in [-0.1, -0.05) is 47.5 Å². The molecule has 2 rings (SSSR count). The number of hydrogen-bond acceptors (Lipinski definition) is 2. The van der Waals surface area contributed by atoms with E-state index < -0.39 is 5.54 Å². The van der Waals surface area contributed by atoms with Gasteiger partial charge in [0.25, 0.3) is 0 Å². The smallest absolute Gasteiger partial charge is 0.124 e. The van der Waals surface area contributed by atoms with Gasteiger partial charge in [-0.2, -0.15) is 0 Å². The van der Waals surface area contributed by atoms with Crippen molar-refractivity contribution >= 4 is 23.2 Å². The molecule has 0 bridgehead atoms. The van der Waals surface area contributed by atoms with E-state index in [2.05, 4.69) is 0 Å². The van der Waals surface area contributed by atoms with Gasteiger partial charge in [-0.3, -0.25) is 0 Å². The summed E-state index contributed by atoms with van der Waals surface area (Å²) in [4.78, 5) is 0. The maximum absolute atomic E-state index is 6.47. The van der Waals surface area contributed by atoms with Crippen molar-refractivity contribution in [1.82, 2.24) is 0 Å². The van der Waals surface area contributed by atoms with Crippen LogP contribution in [0.3, 0.4) is 0 Å². The summed E-state index contributed by atoms with van der Waals surface area (Å²) >= 11 is 12.0. The first-order chi connectivity index (χ1) is 8.96. The molecule has 0 aromatic heterocycles. The molecule has 4 heteroatoms. The fourth-order valence-electron chi connectivity index (χ4n) is 2.05. The third-order valence-corrected chi connectivity index (χ3v) is 3.92. The summed E-state index contributed by atoms with van der Waals surface area (Å²) < 4.78 is 5.37. The number of nitrogens with two attached hydrogens (primary N) is 1. The zero-order valence-electron chi connectivity index (χ0n) is 10.8. The van der Waals surface area contributed by atoms with Crippen LogP contribution in [0.2, 0.25) is 10.0 Å². The minimum Gasteiger partial charge on any atom is -0.496 e. The van der Waals surface area contributed by atoms with E-state index >= 15 is 0 Å². The molecule has 2 aromatic rings. The van der Waals surface area contributed by atoms with Gasteiger partial charge in [-0.05, 0) is 30.7 Å². The van der Waals surface area contributed by atoms with E-state index in [1.807, 2.05) is 37.3 Å². The van der Waals surface area contributed by atoms with Crippen LogP contribution in [-0.4, -0.2) is 7.11 Å². The molecule has 0 saturated heterocycles. The van der Waals surface area contributed by atoms with Crippen molar-refractivity contribution in [3.63, 3.8) is 0 Å². The normalized spacial score (nSPS) is 13.9. The zero-order chi connectivity index (χ0) is 14.0. The molecule has 0 saturated carbocycles. The van der Waals surface area contributed by atoms with E-state index in [1.165, 1.54) is 0 Å². The van der Waals surface area contributed by atoms with Gasteiger partial charge in [0.15, 0.2) is 0 Å². The number of para-hydroxylation sites is 1. The standard InChI is InChI=1S/C15H15Cl2NO/c1-15(18,10-7-8-12(16)13(17)9-10)11-5-3-4-6-14(11)19-2/h3-9H,18H2,1-2H3. The molecule has 0 aliphatic carbocycles. The molecule has 2 N–H and O–H groups in total. The molecule has 2 nitrogen and oxygen atoms in total. The van der Waals surface area contributed by atoms with E-state index in [9.17, 15) is 0 Å². The van der Waals surface area contributed by atoms with Gasteiger partial charge in [0.2, 0.25) is 0 Å². The average molecular weight is 296 g/mol. The molecular formula is C15H15Cl2NO. The predicted molar refractivity (Wildman–Crippen MR) is 80.1 cm³/mol. The average Bonchev–Trinajstić information content (AvgIpc) is 2.41. The maximum atomic E-state index is 6.47. The summed E-state index contributed by atoms with van der Waals surface area (Å²) in [5.41, 5.74) is 7.55. The van der Waals surface area contributed by atoms with Gasteiger partial charge >= 0.3 is 0 Å². The minimum absolute atomic E-state index is 0.491. The fourth-order valence-corrected chi connectivity index (χ4v) is 2.35. The minimum atomic E-state index is -0.708. The molecule has 0 heterocycles. The molecule has 2 aromatic carbocycles. The van der Waals surface area contributed by atoms with Crippen LogP contribution in [0.5, 0.6) is 5.75 Å². The summed E-state index contributed by atoms with van der Waals surface area (Å²) in [6.45, 7) is 1.92. The molecule has 0 fully saturated rings. The van der Waals surface area contributed by atoms with E-state index in [0.29, 0.717) is 10.0 Å². The van der Waals surface area contributed by atoms with Crippen LogP contribution < -0.4 is 10.5 Å². The first kappa shape index (κ1) is 14.2. The Kier molecular flexibility index (Phi) is 4.04. The first-order valence-electron chi connectivity index (χ1n) is 5.84. The molecule has 100 valence electrons. The molecule has 1 atom stereocenters. The third kappa shape index (κ3) is 2.71. The van der Waals surface area contributed by atoms with Gasteiger partial charge in [0.1, 0.15) is 5.75 Å². The summed E-state index contributed by atoms with van der Waals surface area (Å²) in [5.74, 6) is 0.749. The molecule has 0 spiro atoms. The zero-order valence-corrected chi connectivity index (χ0v) is 12.3. The Morgan fingerprint density at radius 3 is 2.37 bits per heavy atom. The topological polar surface area (TPSA) is 35.2 Å². The highest BCUT2D eigenvalue weighted by Gasteiger charge is 2.27. The Balaban J connectivity index is 2.54. The molecule has 19 heavy (non-hydrogen) atoms. The number of rotatable bonds is 3.